The van der Waals surface area contributed by atoms with Gasteiger partial charge in [0.1, 0.15) is 0 Å². The Labute approximate surface area is 153 Å². The van der Waals surface area contributed by atoms with Crippen LogP contribution in [-0.4, -0.2) is 10.2 Å². The van der Waals surface area contributed by atoms with Crippen LogP contribution in [0.2, 0.25) is 0 Å². The summed E-state index contributed by atoms with van der Waals surface area (Å²) >= 11 is 0. The van der Waals surface area contributed by atoms with E-state index in [-0.39, 0.29) is 5.41 Å². The van der Waals surface area contributed by atoms with E-state index >= 15 is 0 Å². The summed E-state index contributed by atoms with van der Waals surface area (Å²) in [6.45, 7) is 6.62. The molecule has 0 spiro atoms. The number of aromatic nitrogens is 2. The van der Waals surface area contributed by atoms with Gasteiger partial charge in [-0.25, -0.2) is 0 Å². The zero-order valence-corrected chi connectivity index (χ0v) is 15.4. The first-order valence-electron chi connectivity index (χ1n) is 8.91. The molecule has 3 nitrogen and oxygen atoms in total. The lowest BCUT2D eigenvalue weighted by Crippen LogP contribution is -2.10. The molecule has 130 valence electrons. The highest BCUT2D eigenvalue weighted by Gasteiger charge is 2.15. The quantitative estimate of drug-likeness (QED) is 0.474. The lowest BCUT2D eigenvalue weighted by molar-refractivity contribution is 0.518. The van der Waals surface area contributed by atoms with Crippen LogP contribution < -0.4 is 0 Å². The molecule has 0 aliphatic heterocycles. The van der Waals surface area contributed by atoms with Crippen LogP contribution in [0.15, 0.2) is 71.1 Å². The number of nitrogens with zero attached hydrogens (tertiary/aromatic N) is 2. The number of hydrogen-bond acceptors (Lipinski definition) is 3. The smallest absolute Gasteiger partial charge is 0.247 e. The minimum absolute atomic E-state index is 0.132. The molecular formula is C23H22N2O. The number of hydrogen-bond donors (Lipinski definition) is 0. The molecular weight excluding hydrogens is 320 g/mol. The second kappa shape index (κ2) is 6.41. The third-order valence-electron chi connectivity index (χ3n) is 4.69. The van der Waals surface area contributed by atoms with Gasteiger partial charge in [-0.05, 0) is 39.4 Å². The monoisotopic (exact) mass is 342 g/mol. The summed E-state index contributed by atoms with van der Waals surface area (Å²) in [6.07, 6.45) is 0.633. The molecule has 4 aromatic rings. The van der Waals surface area contributed by atoms with E-state index in [1.807, 2.05) is 0 Å². The van der Waals surface area contributed by atoms with Crippen molar-refractivity contribution in [2.24, 2.45) is 0 Å². The van der Waals surface area contributed by atoms with Crippen LogP contribution >= 0.6 is 0 Å². The fourth-order valence-electron chi connectivity index (χ4n) is 3.16. The molecule has 0 aliphatic carbocycles. The topological polar surface area (TPSA) is 38.9 Å². The van der Waals surface area contributed by atoms with Crippen molar-refractivity contribution >= 4 is 10.8 Å². The van der Waals surface area contributed by atoms with Crippen LogP contribution in [0.5, 0.6) is 0 Å². The second-order valence-corrected chi connectivity index (χ2v) is 7.64. The van der Waals surface area contributed by atoms with Crippen molar-refractivity contribution in [2.45, 2.75) is 32.6 Å². The van der Waals surface area contributed by atoms with Gasteiger partial charge in [0.25, 0.3) is 0 Å². The molecule has 0 unspecified atom stereocenters. The third kappa shape index (κ3) is 3.25. The highest BCUT2D eigenvalue weighted by molar-refractivity contribution is 5.85. The van der Waals surface area contributed by atoms with Gasteiger partial charge in [0, 0.05) is 5.56 Å². The van der Waals surface area contributed by atoms with Gasteiger partial charge in [0.15, 0.2) is 0 Å². The molecule has 3 aromatic carbocycles. The standard InChI is InChI=1S/C23H22N2O/c1-23(2,3)19-13-11-17(12-14-19)22-25-24-21(26-22)15-18-9-6-8-16-7-4-5-10-20(16)18/h4-14H,15H2,1-3H3. The van der Waals surface area contributed by atoms with Crippen molar-refractivity contribution in [3.8, 4) is 11.5 Å². The highest BCUT2D eigenvalue weighted by atomic mass is 16.4. The van der Waals surface area contributed by atoms with Gasteiger partial charge in [-0.3, -0.25) is 0 Å². The summed E-state index contributed by atoms with van der Waals surface area (Å²) in [4.78, 5) is 0. The Kier molecular flexibility index (Phi) is 4.08. The Balaban J connectivity index is 1.60. The molecule has 26 heavy (non-hydrogen) atoms. The van der Waals surface area contributed by atoms with Gasteiger partial charge < -0.3 is 4.42 Å². The maximum absolute atomic E-state index is 5.93. The van der Waals surface area contributed by atoms with E-state index in [0.29, 0.717) is 18.2 Å². The summed E-state index contributed by atoms with van der Waals surface area (Å²) in [6, 6.07) is 23.0. The van der Waals surface area contributed by atoms with Crippen molar-refractivity contribution in [3.05, 3.63) is 83.7 Å². The van der Waals surface area contributed by atoms with Crippen molar-refractivity contribution in [3.63, 3.8) is 0 Å². The van der Waals surface area contributed by atoms with Crippen molar-refractivity contribution in [1.82, 2.24) is 10.2 Å². The molecule has 3 heteroatoms. The van der Waals surface area contributed by atoms with Crippen LogP contribution in [0.3, 0.4) is 0 Å². The Morgan fingerprint density at radius 1 is 0.808 bits per heavy atom. The average molecular weight is 342 g/mol. The number of rotatable bonds is 3. The fraction of sp³-hybridized carbons (Fsp3) is 0.217. The molecule has 0 saturated carbocycles. The Morgan fingerprint density at radius 3 is 2.31 bits per heavy atom. The Morgan fingerprint density at radius 2 is 1.54 bits per heavy atom. The molecule has 0 bridgehead atoms. The van der Waals surface area contributed by atoms with E-state index in [0.717, 1.165) is 5.56 Å². The maximum atomic E-state index is 5.93. The Hall–Kier alpha value is -2.94. The van der Waals surface area contributed by atoms with Gasteiger partial charge >= 0.3 is 0 Å². The SMILES string of the molecule is CC(C)(C)c1ccc(-c2nnc(Cc3cccc4ccccc34)o2)cc1. The van der Waals surface area contributed by atoms with E-state index in [2.05, 4.69) is 97.7 Å². The molecule has 1 aromatic heterocycles. The fourth-order valence-corrected chi connectivity index (χ4v) is 3.16. The Bertz CT molecular complexity index is 1030. The van der Waals surface area contributed by atoms with Gasteiger partial charge in [-0.15, -0.1) is 10.2 Å². The summed E-state index contributed by atoms with van der Waals surface area (Å²) in [7, 11) is 0. The predicted octanol–water partition coefficient (Wildman–Crippen LogP) is 5.78. The highest BCUT2D eigenvalue weighted by Crippen LogP contribution is 2.26. The first kappa shape index (κ1) is 16.5. The first-order chi connectivity index (χ1) is 12.5. The van der Waals surface area contributed by atoms with Crippen LogP contribution in [-0.2, 0) is 11.8 Å². The minimum Gasteiger partial charge on any atom is -0.420 e. The first-order valence-corrected chi connectivity index (χ1v) is 8.91. The van der Waals surface area contributed by atoms with Crippen LogP contribution in [0, 0.1) is 0 Å². The summed E-state index contributed by atoms with van der Waals surface area (Å²) in [5.41, 5.74) is 3.57. The van der Waals surface area contributed by atoms with Crippen LogP contribution in [0.4, 0.5) is 0 Å². The summed E-state index contributed by atoms with van der Waals surface area (Å²) < 4.78 is 5.93. The third-order valence-corrected chi connectivity index (χ3v) is 4.69. The van der Waals surface area contributed by atoms with Crippen molar-refractivity contribution in [1.29, 1.82) is 0 Å². The van der Waals surface area contributed by atoms with E-state index in [9.17, 15) is 0 Å². The van der Waals surface area contributed by atoms with E-state index in [1.165, 1.54) is 21.9 Å². The molecule has 0 fully saturated rings. The lowest BCUT2D eigenvalue weighted by Gasteiger charge is -2.18. The normalized spacial score (nSPS) is 11.8. The molecule has 0 amide bonds. The largest absolute Gasteiger partial charge is 0.420 e. The van der Waals surface area contributed by atoms with E-state index in [4.69, 9.17) is 4.42 Å². The van der Waals surface area contributed by atoms with Crippen molar-refractivity contribution in [2.75, 3.05) is 0 Å². The van der Waals surface area contributed by atoms with Gasteiger partial charge in [0.05, 0.1) is 6.42 Å². The number of fused-ring (bicyclic) bond motifs is 1. The maximum Gasteiger partial charge on any atom is 0.247 e. The molecule has 0 atom stereocenters. The molecule has 0 N–H and O–H groups in total. The van der Waals surface area contributed by atoms with E-state index in [1.54, 1.807) is 0 Å². The van der Waals surface area contributed by atoms with Crippen molar-refractivity contribution < 1.29 is 4.42 Å². The molecule has 0 radical (unpaired) electrons. The van der Waals surface area contributed by atoms with Gasteiger partial charge in [-0.1, -0.05) is 75.4 Å². The molecule has 4 rings (SSSR count). The summed E-state index contributed by atoms with van der Waals surface area (Å²) in [5.74, 6) is 1.21. The van der Waals surface area contributed by atoms with E-state index < -0.39 is 0 Å². The molecule has 1 heterocycles. The predicted molar refractivity (Wildman–Crippen MR) is 105 cm³/mol. The summed E-state index contributed by atoms with van der Waals surface area (Å²) in [5, 5.41) is 10.9. The second-order valence-electron chi connectivity index (χ2n) is 7.64. The van der Waals surface area contributed by atoms with Gasteiger partial charge in [-0.2, -0.15) is 0 Å². The zero-order valence-electron chi connectivity index (χ0n) is 15.4. The zero-order chi connectivity index (χ0) is 18.1. The lowest BCUT2D eigenvalue weighted by atomic mass is 9.87. The van der Waals surface area contributed by atoms with Gasteiger partial charge in [0.2, 0.25) is 11.8 Å². The molecule has 0 saturated heterocycles. The average Bonchev–Trinajstić information content (AvgIpc) is 3.10. The minimum atomic E-state index is 0.132. The van der Waals surface area contributed by atoms with Crippen LogP contribution in [0.25, 0.3) is 22.2 Å². The molecule has 0 aliphatic rings. The number of benzene rings is 3. The van der Waals surface area contributed by atoms with Crippen LogP contribution in [0.1, 0.15) is 37.8 Å².